The van der Waals surface area contributed by atoms with Crippen LogP contribution in [-0.4, -0.2) is 56.9 Å². The first kappa shape index (κ1) is 21.4. The number of fused-ring (bicyclic) bond motifs is 2. The van der Waals surface area contributed by atoms with Crippen LogP contribution in [0.5, 0.6) is 0 Å². The smallest absolute Gasteiger partial charge is 0.275 e. The zero-order chi connectivity index (χ0) is 23.6. The number of hydrogen-bond acceptors (Lipinski definition) is 6. The Morgan fingerprint density at radius 3 is 2.51 bits per heavy atom. The van der Waals surface area contributed by atoms with Gasteiger partial charge in [0.2, 0.25) is 0 Å². The van der Waals surface area contributed by atoms with Crippen LogP contribution in [0.1, 0.15) is 16.1 Å². The monoisotopic (exact) mass is 463 g/mol. The molecule has 8 nitrogen and oxygen atoms in total. The molecular formula is C27H25N7O. The molecule has 1 fully saturated rings. The van der Waals surface area contributed by atoms with Gasteiger partial charge in [0, 0.05) is 38.3 Å². The summed E-state index contributed by atoms with van der Waals surface area (Å²) in [6, 6.07) is 21.6. The number of aromatic nitrogens is 4. The van der Waals surface area contributed by atoms with E-state index in [9.17, 15) is 4.79 Å². The van der Waals surface area contributed by atoms with E-state index in [4.69, 9.17) is 4.98 Å². The van der Waals surface area contributed by atoms with E-state index in [1.54, 1.807) is 0 Å². The van der Waals surface area contributed by atoms with E-state index in [2.05, 4.69) is 42.6 Å². The van der Waals surface area contributed by atoms with Gasteiger partial charge in [-0.2, -0.15) is 0 Å². The molecule has 2 aromatic heterocycles. The minimum atomic E-state index is -0.310. The molecule has 3 aromatic carbocycles. The highest BCUT2D eigenvalue weighted by Gasteiger charge is 2.17. The van der Waals surface area contributed by atoms with Crippen LogP contribution < -0.4 is 10.6 Å². The summed E-state index contributed by atoms with van der Waals surface area (Å²) in [6.07, 6.45) is 1.51. The highest BCUT2D eigenvalue weighted by Crippen LogP contribution is 2.30. The fraction of sp³-hybridized carbons (Fsp3) is 0.185. The van der Waals surface area contributed by atoms with E-state index in [0.29, 0.717) is 17.0 Å². The zero-order valence-corrected chi connectivity index (χ0v) is 19.2. The van der Waals surface area contributed by atoms with Gasteiger partial charge in [0.25, 0.3) is 5.91 Å². The maximum atomic E-state index is 13.2. The number of carbonyl (C=O) groups excluding carboxylic acids is 1. The lowest BCUT2D eigenvalue weighted by molar-refractivity contribution is 0.102. The average molecular weight is 464 g/mol. The minimum absolute atomic E-state index is 0.268. The second-order valence-electron chi connectivity index (χ2n) is 8.71. The third-order valence-electron chi connectivity index (χ3n) is 6.27. The van der Waals surface area contributed by atoms with Crippen LogP contribution >= 0.6 is 0 Å². The maximum Gasteiger partial charge on any atom is 0.275 e. The van der Waals surface area contributed by atoms with Crippen molar-refractivity contribution in [2.45, 2.75) is 6.54 Å². The van der Waals surface area contributed by atoms with Gasteiger partial charge in [-0.15, -0.1) is 0 Å². The second-order valence-corrected chi connectivity index (χ2v) is 8.71. The quantitative estimate of drug-likeness (QED) is 0.366. The summed E-state index contributed by atoms with van der Waals surface area (Å²) in [5, 5.41) is 6.43. The molecule has 3 N–H and O–H groups in total. The SMILES string of the molecule is O=C(Nc1ccc(CN2CCNCC2)cc1-c1nc2ccccc2[nH]1)c1cnc2ccccc2n1. The lowest BCUT2D eigenvalue weighted by atomic mass is 10.1. The highest BCUT2D eigenvalue weighted by molar-refractivity contribution is 6.05. The van der Waals surface area contributed by atoms with Crippen molar-refractivity contribution in [2.75, 3.05) is 31.5 Å². The molecule has 0 saturated carbocycles. The van der Waals surface area contributed by atoms with E-state index in [-0.39, 0.29) is 11.6 Å². The fourth-order valence-electron chi connectivity index (χ4n) is 4.46. The predicted octanol–water partition coefficient (Wildman–Crippen LogP) is 3.83. The molecule has 5 aromatic rings. The highest BCUT2D eigenvalue weighted by atomic mass is 16.1. The zero-order valence-electron chi connectivity index (χ0n) is 19.2. The van der Waals surface area contributed by atoms with E-state index in [1.165, 1.54) is 11.8 Å². The molecule has 8 heteroatoms. The topological polar surface area (TPSA) is 98.8 Å². The number of amides is 1. The van der Waals surface area contributed by atoms with Gasteiger partial charge < -0.3 is 15.6 Å². The third-order valence-corrected chi connectivity index (χ3v) is 6.27. The standard InChI is InChI=1S/C27H25N7O/c35-27(25-16-29-21-5-1-2-6-22(21)30-25)33-20-10-9-18(17-34-13-11-28-12-14-34)15-19(20)26-31-23-7-3-4-8-24(23)32-26/h1-10,15-16,28H,11-14,17H2,(H,31,32)(H,33,35). The molecule has 0 atom stereocenters. The number of carbonyl (C=O) groups is 1. The molecule has 1 saturated heterocycles. The second kappa shape index (κ2) is 9.25. The molecular weight excluding hydrogens is 438 g/mol. The summed E-state index contributed by atoms with van der Waals surface area (Å²) in [5.41, 5.74) is 6.23. The first-order valence-electron chi connectivity index (χ1n) is 11.8. The molecule has 35 heavy (non-hydrogen) atoms. The minimum Gasteiger partial charge on any atom is -0.338 e. The lowest BCUT2D eigenvalue weighted by Crippen LogP contribution is -2.42. The first-order chi connectivity index (χ1) is 17.2. The lowest BCUT2D eigenvalue weighted by Gasteiger charge is -2.27. The molecule has 0 radical (unpaired) electrons. The number of nitrogens with zero attached hydrogens (tertiary/aromatic N) is 4. The Balaban J connectivity index is 1.35. The Bertz CT molecular complexity index is 1490. The predicted molar refractivity (Wildman–Crippen MR) is 137 cm³/mol. The Morgan fingerprint density at radius 2 is 1.69 bits per heavy atom. The summed E-state index contributed by atoms with van der Waals surface area (Å²) >= 11 is 0. The fourth-order valence-corrected chi connectivity index (χ4v) is 4.46. The van der Waals surface area contributed by atoms with Gasteiger partial charge in [-0.05, 0) is 42.0 Å². The van der Waals surface area contributed by atoms with Crippen LogP contribution in [0.2, 0.25) is 0 Å². The largest absolute Gasteiger partial charge is 0.338 e. The number of anilines is 1. The number of rotatable bonds is 5. The molecule has 1 amide bonds. The maximum absolute atomic E-state index is 13.2. The number of nitrogens with one attached hydrogen (secondary N) is 3. The van der Waals surface area contributed by atoms with Gasteiger partial charge in [0.1, 0.15) is 11.5 Å². The van der Waals surface area contributed by atoms with Crippen molar-refractivity contribution in [3.05, 3.63) is 84.2 Å². The number of piperazine rings is 1. The van der Waals surface area contributed by atoms with E-state index in [0.717, 1.165) is 54.8 Å². The molecule has 174 valence electrons. The van der Waals surface area contributed by atoms with Crippen LogP contribution in [0, 0.1) is 0 Å². The van der Waals surface area contributed by atoms with Gasteiger partial charge in [0.05, 0.1) is 34.0 Å². The molecule has 0 aliphatic carbocycles. The van der Waals surface area contributed by atoms with Crippen LogP contribution in [0.25, 0.3) is 33.5 Å². The number of para-hydroxylation sites is 4. The summed E-state index contributed by atoms with van der Waals surface area (Å²) in [5.74, 6) is 0.406. The van der Waals surface area contributed by atoms with Crippen LogP contribution in [-0.2, 0) is 6.54 Å². The van der Waals surface area contributed by atoms with Gasteiger partial charge >= 0.3 is 0 Å². The van der Waals surface area contributed by atoms with Crippen molar-refractivity contribution in [3.63, 3.8) is 0 Å². The van der Waals surface area contributed by atoms with Gasteiger partial charge in [0.15, 0.2) is 0 Å². The Morgan fingerprint density at radius 1 is 0.914 bits per heavy atom. The number of hydrogen-bond donors (Lipinski definition) is 3. The summed E-state index contributed by atoms with van der Waals surface area (Å²) in [4.78, 5) is 32.7. The molecule has 0 bridgehead atoms. The van der Waals surface area contributed by atoms with Crippen molar-refractivity contribution in [1.82, 2.24) is 30.2 Å². The number of imidazole rings is 1. The molecule has 1 aliphatic rings. The van der Waals surface area contributed by atoms with Crippen LogP contribution in [0.4, 0.5) is 5.69 Å². The van der Waals surface area contributed by atoms with Crippen molar-refractivity contribution in [1.29, 1.82) is 0 Å². The Labute approximate surface area is 202 Å². The average Bonchev–Trinajstić information content (AvgIpc) is 3.34. The van der Waals surface area contributed by atoms with Gasteiger partial charge in [-0.3, -0.25) is 14.7 Å². The van der Waals surface area contributed by atoms with Crippen molar-refractivity contribution in [2.24, 2.45) is 0 Å². The van der Waals surface area contributed by atoms with Crippen LogP contribution in [0.3, 0.4) is 0 Å². The molecule has 6 rings (SSSR count). The first-order valence-corrected chi connectivity index (χ1v) is 11.8. The van der Waals surface area contributed by atoms with Gasteiger partial charge in [-0.25, -0.2) is 9.97 Å². The van der Waals surface area contributed by atoms with E-state index in [1.807, 2.05) is 54.6 Å². The number of aromatic amines is 1. The normalized spacial score (nSPS) is 14.4. The Kier molecular flexibility index (Phi) is 5.65. The number of benzene rings is 3. The molecule has 1 aliphatic heterocycles. The Hall–Kier alpha value is -4.14. The summed E-state index contributed by atoms with van der Waals surface area (Å²) in [7, 11) is 0. The third kappa shape index (κ3) is 4.49. The van der Waals surface area contributed by atoms with Crippen molar-refractivity contribution in [3.8, 4) is 11.4 Å². The summed E-state index contributed by atoms with van der Waals surface area (Å²) in [6.45, 7) is 4.87. The number of H-pyrrole nitrogens is 1. The molecule has 0 unspecified atom stereocenters. The van der Waals surface area contributed by atoms with Crippen molar-refractivity contribution < 1.29 is 4.79 Å². The van der Waals surface area contributed by atoms with E-state index < -0.39 is 0 Å². The summed E-state index contributed by atoms with van der Waals surface area (Å²) < 4.78 is 0. The van der Waals surface area contributed by atoms with Crippen molar-refractivity contribution >= 4 is 33.7 Å². The molecule has 0 spiro atoms. The van der Waals surface area contributed by atoms with E-state index >= 15 is 0 Å². The molecule has 3 heterocycles. The van der Waals surface area contributed by atoms with Gasteiger partial charge in [-0.1, -0.05) is 30.3 Å². The van der Waals surface area contributed by atoms with Crippen LogP contribution in [0.15, 0.2) is 72.9 Å².